The van der Waals surface area contributed by atoms with Crippen molar-refractivity contribution in [3.8, 4) is 0 Å². The third-order valence-electron chi connectivity index (χ3n) is 6.35. The molecular weight excluding hydrogens is 401 g/mol. The first-order chi connectivity index (χ1) is 15.0. The standard InChI is InChI=1S/C23H24FN3O4/c24-17-5-3-16(4-6-17)15-27-19(21-18(22(27)29)2-1-9-25-21)14-20(28)26-10-7-23(8-11-26)30-12-13-31-23/h1-6,9,19H,7-8,10-15H2/t19-/m1/s1. The molecule has 0 bridgehead atoms. The lowest BCUT2D eigenvalue weighted by Crippen LogP contribution is -2.47. The zero-order chi connectivity index (χ0) is 21.4. The van der Waals surface area contributed by atoms with Crippen molar-refractivity contribution in [2.75, 3.05) is 26.3 Å². The maximum absolute atomic E-state index is 13.3. The van der Waals surface area contributed by atoms with Crippen LogP contribution in [0.3, 0.4) is 0 Å². The molecule has 0 aliphatic carbocycles. The second-order valence-corrected chi connectivity index (χ2v) is 8.20. The van der Waals surface area contributed by atoms with Gasteiger partial charge in [-0.25, -0.2) is 4.39 Å². The topological polar surface area (TPSA) is 72.0 Å². The van der Waals surface area contributed by atoms with Gasteiger partial charge in [-0.2, -0.15) is 0 Å². The van der Waals surface area contributed by atoms with Crippen LogP contribution in [0.5, 0.6) is 0 Å². The van der Waals surface area contributed by atoms with E-state index in [1.54, 1.807) is 35.4 Å². The van der Waals surface area contributed by atoms with Crippen molar-refractivity contribution in [1.82, 2.24) is 14.8 Å². The van der Waals surface area contributed by atoms with Gasteiger partial charge in [-0.3, -0.25) is 14.6 Å². The average Bonchev–Trinajstić information content (AvgIpc) is 3.34. The van der Waals surface area contributed by atoms with Gasteiger partial charge in [0, 0.05) is 38.7 Å². The molecule has 2 fully saturated rings. The van der Waals surface area contributed by atoms with E-state index in [1.165, 1.54) is 12.1 Å². The van der Waals surface area contributed by atoms with Crippen LogP contribution in [0.15, 0.2) is 42.6 Å². The largest absolute Gasteiger partial charge is 0.347 e. The number of likely N-dealkylation sites (tertiary alicyclic amines) is 1. The predicted molar refractivity (Wildman–Crippen MR) is 108 cm³/mol. The minimum atomic E-state index is -0.539. The third kappa shape index (κ3) is 3.81. The number of nitrogens with zero attached hydrogens (tertiary/aromatic N) is 3. The number of pyridine rings is 1. The average molecular weight is 425 g/mol. The summed E-state index contributed by atoms with van der Waals surface area (Å²) in [5, 5.41) is 0. The summed E-state index contributed by atoms with van der Waals surface area (Å²) < 4.78 is 24.8. The Morgan fingerprint density at radius 2 is 1.84 bits per heavy atom. The van der Waals surface area contributed by atoms with Crippen LogP contribution in [0, 0.1) is 5.82 Å². The number of hydrogen-bond acceptors (Lipinski definition) is 5. The molecule has 0 saturated carbocycles. The number of carbonyl (C=O) groups excluding carboxylic acids is 2. The van der Waals surface area contributed by atoms with Crippen molar-refractivity contribution in [2.45, 2.75) is 37.6 Å². The maximum Gasteiger partial charge on any atom is 0.256 e. The Bertz CT molecular complexity index is 981. The van der Waals surface area contributed by atoms with Crippen LogP contribution in [-0.2, 0) is 20.8 Å². The van der Waals surface area contributed by atoms with Crippen LogP contribution in [-0.4, -0.2) is 58.7 Å². The molecule has 0 unspecified atom stereocenters. The number of rotatable bonds is 4. The highest BCUT2D eigenvalue weighted by Gasteiger charge is 2.43. The Morgan fingerprint density at radius 3 is 2.55 bits per heavy atom. The molecule has 1 aromatic carbocycles. The number of fused-ring (bicyclic) bond motifs is 1. The summed E-state index contributed by atoms with van der Waals surface area (Å²) in [6.07, 6.45) is 3.10. The molecule has 0 N–H and O–H groups in total. The molecule has 31 heavy (non-hydrogen) atoms. The molecule has 1 aromatic heterocycles. The fourth-order valence-corrected chi connectivity index (χ4v) is 4.66. The van der Waals surface area contributed by atoms with E-state index in [4.69, 9.17) is 9.47 Å². The zero-order valence-corrected chi connectivity index (χ0v) is 17.1. The van der Waals surface area contributed by atoms with Crippen LogP contribution >= 0.6 is 0 Å². The molecule has 5 rings (SSSR count). The van der Waals surface area contributed by atoms with E-state index in [0.29, 0.717) is 50.4 Å². The Hall–Kier alpha value is -2.84. The fraction of sp³-hybridized carbons (Fsp3) is 0.435. The molecule has 7 nitrogen and oxygen atoms in total. The molecule has 2 saturated heterocycles. The quantitative estimate of drug-likeness (QED) is 0.753. The highest BCUT2D eigenvalue weighted by molar-refractivity contribution is 5.99. The molecule has 3 aliphatic rings. The number of benzene rings is 1. The number of ether oxygens (including phenoxy) is 2. The van der Waals surface area contributed by atoms with E-state index in [0.717, 1.165) is 5.56 Å². The van der Waals surface area contributed by atoms with Crippen LogP contribution in [0.1, 0.15) is 46.9 Å². The van der Waals surface area contributed by atoms with Gasteiger partial charge in [-0.05, 0) is 29.8 Å². The van der Waals surface area contributed by atoms with Gasteiger partial charge < -0.3 is 19.3 Å². The van der Waals surface area contributed by atoms with Crippen LogP contribution in [0.25, 0.3) is 0 Å². The molecule has 2 amide bonds. The summed E-state index contributed by atoms with van der Waals surface area (Å²) in [6.45, 7) is 2.61. The van der Waals surface area contributed by atoms with Crippen LogP contribution < -0.4 is 0 Å². The van der Waals surface area contributed by atoms with E-state index in [2.05, 4.69) is 4.98 Å². The molecule has 162 valence electrons. The summed E-state index contributed by atoms with van der Waals surface area (Å²) in [4.78, 5) is 34.1. The summed E-state index contributed by atoms with van der Waals surface area (Å²) in [7, 11) is 0. The molecule has 1 spiro atoms. The van der Waals surface area contributed by atoms with E-state index in [-0.39, 0.29) is 30.6 Å². The van der Waals surface area contributed by atoms with Crippen molar-refractivity contribution in [3.63, 3.8) is 0 Å². The lowest BCUT2D eigenvalue weighted by molar-refractivity contribution is -0.187. The van der Waals surface area contributed by atoms with Crippen molar-refractivity contribution >= 4 is 11.8 Å². The second kappa shape index (κ2) is 8.01. The molecule has 3 aliphatic heterocycles. The van der Waals surface area contributed by atoms with Crippen molar-refractivity contribution in [2.24, 2.45) is 0 Å². The minimum Gasteiger partial charge on any atom is -0.347 e. The Morgan fingerprint density at radius 1 is 1.13 bits per heavy atom. The number of hydrogen-bond donors (Lipinski definition) is 0. The van der Waals surface area contributed by atoms with Gasteiger partial charge in [-0.15, -0.1) is 0 Å². The van der Waals surface area contributed by atoms with Crippen LogP contribution in [0.4, 0.5) is 4.39 Å². The number of piperidine rings is 1. The number of amides is 2. The summed E-state index contributed by atoms with van der Waals surface area (Å²) in [5.74, 6) is -1.04. The Kier molecular flexibility index (Phi) is 5.19. The van der Waals surface area contributed by atoms with Crippen molar-refractivity contribution < 1.29 is 23.5 Å². The SMILES string of the molecule is O=C(C[C@@H]1c2ncccc2C(=O)N1Cc1ccc(F)cc1)N1CCC2(CC1)OCCO2. The maximum atomic E-state index is 13.3. The van der Waals surface area contributed by atoms with E-state index in [1.807, 2.05) is 4.90 Å². The van der Waals surface area contributed by atoms with Gasteiger partial charge in [0.25, 0.3) is 5.91 Å². The second-order valence-electron chi connectivity index (χ2n) is 8.20. The van der Waals surface area contributed by atoms with Gasteiger partial charge in [0.15, 0.2) is 5.79 Å². The van der Waals surface area contributed by atoms with E-state index in [9.17, 15) is 14.0 Å². The monoisotopic (exact) mass is 425 g/mol. The summed E-state index contributed by atoms with van der Waals surface area (Å²) in [5.41, 5.74) is 1.95. The smallest absolute Gasteiger partial charge is 0.256 e. The Labute approximate surface area is 179 Å². The van der Waals surface area contributed by atoms with Gasteiger partial charge in [-0.1, -0.05) is 12.1 Å². The first kappa shape index (κ1) is 20.1. The fourth-order valence-electron chi connectivity index (χ4n) is 4.66. The normalized spacial score (nSPS) is 22.2. The summed E-state index contributed by atoms with van der Waals surface area (Å²) >= 11 is 0. The minimum absolute atomic E-state index is 0.0201. The predicted octanol–water partition coefficient (Wildman–Crippen LogP) is 2.67. The van der Waals surface area contributed by atoms with Crippen LogP contribution in [0.2, 0.25) is 0 Å². The molecular formula is C23H24FN3O4. The first-order valence-corrected chi connectivity index (χ1v) is 10.6. The molecule has 2 aromatic rings. The van der Waals surface area contributed by atoms with Gasteiger partial charge in [0.05, 0.1) is 36.9 Å². The van der Waals surface area contributed by atoms with Gasteiger partial charge >= 0.3 is 0 Å². The Balaban J connectivity index is 1.33. The highest BCUT2D eigenvalue weighted by atomic mass is 19.1. The van der Waals surface area contributed by atoms with Crippen molar-refractivity contribution in [3.05, 3.63) is 65.2 Å². The van der Waals surface area contributed by atoms with Gasteiger partial charge in [0.1, 0.15) is 5.82 Å². The number of carbonyl (C=O) groups is 2. The molecule has 8 heteroatoms. The summed E-state index contributed by atoms with van der Waals surface area (Å²) in [6, 6.07) is 9.08. The highest BCUT2D eigenvalue weighted by Crippen LogP contribution is 2.37. The number of halogens is 1. The lowest BCUT2D eigenvalue weighted by atomic mass is 10.0. The lowest BCUT2D eigenvalue weighted by Gasteiger charge is -2.38. The first-order valence-electron chi connectivity index (χ1n) is 10.6. The third-order valence-corrected chi connectivity index (χ3v) is 6.35. The molecule has 4 heterocycles. The van der Waals surface area contributed by atoms with E-state index < -0.39 is 11.8 Å². The zero-order valence-electron chi connectivity index (χ0n) is 17.1. The van der Waals surface area contributed by atoms with E-state index >= 15 is 0 Å². The van der Waals surface area contributed by atoms with Gasteiger partial charge in [0.2, 0.25) is 5.91 Å². The molecule has 1 atom stereocenters. The molecule has 0 radical (unpaired) electrons. The van der Waals surface area contributed by atoms with Crippen molar-refractivity contribution in [1.29, 1.82) is 0 Å². The number of aromatic nitrogens is 1.